The highest BCUT2D eigenvalue weighted by atomic mass is 35.5. The normalized spacial score (nSPS) is 13.9. The first-order valence-corrected chi connectivity index (χ1v) is 14.3. The van der Waals surface area contributed by atoms with Gasteiger partial charge in [0, 0.05) is 22.2 Å². The Bertz CT molecular complexity index is 1850. The number of imide groups is 1. The Labute approximate surface area is 262 Å². The summed E-state index contributed by atoms with van der Waals surface area (Å²) in [6, 6.07) is 23.2. The molecule has 3 aromatic carbocycles. The van der Waals surface area contributed by atoms with Gasteiger partial charge in [-0.2, -0.15) is 14.9 Å². The maximum Gasteiger partial charge on any atom is 0.421 e. The van der Waals surface area contributed by atoms with Gasteiger partial charge in [-0.3, -0.25) is 9.59 Å². The molecule has 5 aromatic rings. The van der Waals surface area contributed by atoms with Gasteiger partial charge in [0.1, 0.15) is 12.9 Å². The van der Waals surface area contributed by atoms with E-state index in [1.807, 2.05) is 36.4 Å². The van der Waals surface area contributed by atoms with Crippen LogP contribution < -0.4 is 10.2 Å². The van der Waals surface area contributed by atoms with Gasteiger partial charge in [0.05, 0.1) is 35.7 Å². The second kappa shape index (κ2) is 13.3. The van der Waals surface area contributed by atoms with Crippen LogP contribution in [0.25, 0.3) is 22.9 Å². The average Bonchev–Trinajstić information content (AvgIpc) is 3.59. The molecule has 0 saturated carbocycles. The first-order valence-electron chi connectivity index (χ1n) is 13.9. The molecule has 2 aromatic heterocycles. The van der Waals surface area contributed by atoms with Crippen LogP contribution in [0.5, 0.6) is 0 Å². The van der Waals surface area contributed by atoms with E-state index in [9.17, 15) is 14.4 Å². The van der Waals surface area contributed by atoms with Crippen molar-refractivity contribution >= 4 is 41.3 Å². The highest BCUT2D eigenvalue weighted by Gasteiger charge is 2.29. The molecule has 45 heavy (non-hydrogen) atoms. The van der Waals surface area contributed by atoms with E-state index in [1.54, 1.807) is 54.7 Å². The highest BCUT2D eigenvalue weighted by molar-refractivity contribution is 6.30. The summed E-state index contributed by atoms with van der Waals surface area (Å²) in [5, 5.41) is 23.4. The summed E-state index contributed by atoms with van der Waals surface area (Å²) in [5.74, 6) is -0.671. The molecule has 0 spiro atoms. The Hall–Kier alpha value is -5.75. The summed E-state index contributed by atoms with van der Waals surface area (Å²) in [4.78, 5) is 38.7. The number of hydrogen-bond acceptors (Lipinski definition) is 9. The minimum absolute atomic E-state index is 0.0799. The lowest BCUT2D eigenvalue weighted by Crippen LogP contribution is -2.42. The first kappa shape index (κ1) is 29.3. The number of carbonyl (C=O) groups is 3. The van der Waals surface area contributed by atoms with E-state index >= 15 is 0 Å². The number of anilines is 1. The molecule has 1 saturated heterocycles. The molecule has 1 unspecified atom stereocenters. The lowest BCUT2D eigenvalue weighted by molar-refractivity contribution is -0.120. The third-order valence-corrected chi connectivity index (χ3v) is 7.30. The van der Waals surface area contributed by atoms with Crippen LogP contribution >= 0.6 is 11.6 Å². The summed E-state index contributed by atoms with van der Waals surface area (Å²) >= 11 is 6.23. The number of ether oxygens (including phenoxy) is 1. The van der Waals surface area contributed by atoms with Crippen molar-refractivity contribution in [3.05, 3.63) is 119 Å². The van der Waals surface area contributed by atoms with Gasteiger partial charge in [0.2, 0.25) is 11.8 Å². The highest BCUT2D eigenvalue weighted by Crippen LogP contribution is 2.27. The lowest BCUT2D eigenvalue weighted by Gasteiger charge is -2.24. The van der Waals surface area contributed by atoms with Gasteiger partial charge in [-0.1, -0.05) is 54.1 Å². The fourth-order valence-corrected chi connectivity index (χ4v) is 5.05. The molecule has 3 heterocycles. The molecule has 13 heteroatoms. The third kappa shape index (κ3) is 6.92. The predicted molar refractivity (Wildman–Crippen MR) is 165 cm³/mol. The zero-order valence-electron chi connectivity index (χ0n) is 23.7. The van der Waals surface area contributed by atoms with E-state index < -0.39 is 12.1 Å². The molecule has 1 aliphatic rings. The van der Waals surface area contributed by atoms with E-state index in [-0.39, 0.29) is 24.8 Å². The number of nitrogens with one attached hydrogen (secondary N) is 1. The van der Waals surface area contributed by atoms with Crippen LogP contribution in [0, 0.1) is 0 Å². The molecule has 224 valence electrons. The van der Waals surface area contributed by atoms with Gasteiger partial charge in [-0.25, -0.2) is 9.69 Å². The standard InChI is InChI=1S/C32H25ClN8O4/c33-25-9-12-29(40-20-35-38-39-40)23(17-25)8-13-30(42)36-27(16-21-4-2-1-3-5-21)28-18-24(19-34-37-28)22-6-10-26(11-7-22)41-31(43)14-15-45-32(41)44/h1-13,17-20,27H,14-16H2,(H,36,42)/b13-8+. The monoisotopic (exact) mass is 620 g/mol. The topological polar surface area (TPSA) is 145 Å². The molecule has 6 rings (SSSR count). The van der Waals surface area contributed by atoms with E-state index in [0.29, 0.717) is 34.1 Å². The van der Waals surface area contributed by atoms with Crippen molar-refractivity contribution in [1.29, 1.82) is 0 Å². The summed E-state index contributed by atoms with van der Waals surface area (Å²) in [7, 11) is 0. The van der Waals surface area contributed by atoms with Crippen LogP contribution in [0.15, 0.2) is 97.5 Å². The second-order valence-corrected chi connectivity index (χ2v) is 10.5. The van der Waals surface area contributed by atoms with Gasteiger partial charge in [-0.15, -0.1) is 5.10 Å². The minimum atomic E-state index is -0.692. The Morgan fingerprint density at radius 3 is 2.58 bits per heavy atom. The van der Waals surface area contributed by atoms with E-state index in [1.165, 1.54) is 17.1 Å². The number of tetrazole rings is 1. The van der Waals surface area contributed by atoms with Gasteiger partial charge in [0.25, 0.3) is 0 Å². The van der Waals surface area contributed by atoms with Crippen LogP contribution in [0.2, 0.25) is 5.02 Å². The molecule has 12 nitrogen and oxygen atoms in total. The lowest BCUT2D eigenvalue weighted by atomic mass is 10.00. The first-order chi connectivity index (χ1) is 21.9. The van der Waals surface area contributed by atoms with Crippen LogP contribution in [0.4, 0.5) is 10.5 Å². The molecular weight excluding hydrogens is 596 g/mol. The van der Waals surface area contributed by atoms with Crippen molar-refractivity contribution in [3.8, 4) is 16.8 Å². The number of rotatable bonds is 9. The van der Waals surface area contributed by atoms with Crippen molar-refractivity contribution in [1.82, 2.24) is 35.7 Å². The van der Waals surface area contributed by atoms with Gasteiger partial charge in [0.15, 0.2) is 0 Å². The van der Waals surface area contributed by atoms with Crippen LogP contribution in [-0.4, -0.2) is 54.9 Å². The Balaban J connectivity index is 1.25. The zero-order valence-corrected chi connectivity index (χ0v) is 24.4. The largest absolute Gasteiger partial charge is 0.448 e. The number of amides is 3. The summed E-state index contributed by atoms with van der Waals surface area (Å²) < 4.78 is 6.50. The molecule has 0 bridgehead atoms. The SMILES string of the molecule is O=C(/C=C/c1cc(Cl)ccc1-n1cnnn1)NC(Cc1ccccc1)c1cc(-c2ccc(N3C(=O)CCOC3=O)cc2)cnn1. The van der Waals surface area contributed by atoms with Gasteiger partial charge >= 0.3 is 6.09 Å². The second-order valence-electron chi connectivity index (χ2n) is 10.1. The summed E-state index contributed by atoms with van der Waals surface area (Å²) in [5.41, 5.74) is 4.79. The minimum Gasteiger partial charge on any atom is -0.448 e. The number of aromatic nitrogens is 6. The molecule has 0 radical (unpaired) electrons. The van der Waals surface area contributed by atoms with Gasteiger partial charge in [-0.05, 0) is 70.4 Å². The molecule has 1 N–H and O–H groups in total. The van der Waals surface area contributed by atoms with Crippen LogP contribution in [0.3, 0.4) is 0 Å². The van der Waals surface area contributed by atoms with E-state index in [0.717, 1.165) is 21.6 Å². The maximum absolute atomic E-state index is 13.3. The fraction of sp³-hybridized carbons (Fsp3) is 0.125. The number of benzene rings is 3. The maximum atomic E-state index is 13.3. The van der Waals surface area contributed by atoms with Crippen LogP contribution in [-0.2, 0) is 20.7 Å². The third-order valence-electron chi connectivity index (χ3n) is 7.06. The Kier molecular flexibility index (Phi) is 8.65. The summed E-state index contributed by atoms with van der Waals surface area (Å²) in [6.45, 7) is 0.0799. The molecule has 1 fully saturated rings. The Morgan fingerprint density at radius 1 is 1.00 bits per heavy atom. The van der Waals surface area contributed by atoms with Crippen molar-refractivity contribution in [2.24, 2.45) is 0 Å². The molecule has 3 amide bonds. The number of cyclic esters (lactones) is 1. The van der Waals surface area contributed by atoms with E-state index in [2.05, 4.69) is 31.0 Å². The van der Waals surface area contributed by atoms with Crippen molar-refractivity contribution in [2.45, 2.75) is 18.9 Å². The smallest absolute Gasteiger partial charge is 0.421 e. The number of nitrogens with zero attached hydrogens (tertiary/aromatic N) is 7. The molecule has 1 atom stereocenters. The zero-order chi connectivity index (χ0) is 31.2. The summed E-state index contributed by atoms with van der Waals surface area (Å²) in [6.07, 6.45) is 6.03. The number of hydrogen-bond donors (Lipinski definition) is 1. The fourth-order valence-electron chi connectivity index (χ4n) is 4.87. The van der Waals surface area contributed by atoms with Crippen LogP contribution in [0.1, 0.15) is 29.3 Å². The van der Waals surface area contributed by atoms with Crippen molar-refractivity contribution in [2.75, 3.05) is 11.5 Å². The predicted octanol–water partition coefficient (Wildman–Crippen LogP) is 4.76. The quantitative estimate of drug-likeness (QED) is 0.231. The average molecular weight is 621 g/mol. The number of carbonyl (C=O) groups excluding carboxylic acids is 3. The molecule has 0 aliphatic carbocycles. The molecular formula is C32H25ClN8O4. The number of halogens is 1. The molecule has 1 aliphatic heterocycles. The Morgan fingerprint density at radius 2 is 1.82 bits per heavy atom. The van der Waals surface area contributed by atoms with E-state index in [4.69, 9.17) is 16.3 Å². The van der Waals surface area contributed by atoms with Crippen molar-refractivity contribution in [3.63, 3.8) is 0 Å². The van der Waals surface area contributed by atoms with Gasteiger partial charge < -0.3 is 10.1 Å². The van der Waals surface area contributed by atoms with Crippen molar-refractivity contribution < 1.29 is 19.1 Å².